The molecular formula is C16H13N3O4. The van der Waals surface area contributed by atoms with Crippen LogP contribution in [0.2, 0.25) is 0 Å². The van der Waals surface area contributed by atoms with Crippen LogP contribution in [-0.2, 0) is 0 Å². The fourth-order valence-corrected chi connectivity index (χ4v) is 2.43. The van der Waals surface area contributed by atoms with Gasteiger partial charge in [0.1, 0.15) is 6.61 Å². The summed E-state index contributed by atoms with van der Waals surface area (Å²) in [7, 11) is 0. The lowest BCUT2D eigenvalue weighted by Gasteiger charge is -2.24. The second-order valence-corrected chi connectivity index (χ2v) is 5.22. The SMILES string of the molecule is Cc1cc(=O)[nH]cc1-c1nc(C2COc3ccccc3O2)no1. The third kappa shape index (κ3) is 2.46. The molecule has 7 heteroatoms. The Morgan fingerprint density at radius 1 is 1.26 bits per heavy atom. The van der Waals surface area contributed by atoms with Gasteiger partial charge < -0.3 is 19.0 Å². The van der Waals surface area contributed by atoms with Crippen molar-refractivity contribution in [3.8, 4) is 23.0 Å². The molecule has 2 aromatic heterocycles. The van der Waals surface area contributed by atoms with Crippen LogP contribution < -0.4 is 15.0 Å². The van der Waals surface area contributed by atoms with Gasteiger partial charge in [0, 0.05) is 12.3 Å². The molecule has 0 amide bonds. The maximum Gasteiger partial charge on any atom is 0.259 e. The minimum atomic E-state index is -0.439. The largest absolute Gasteiger partial charge is 0.485 e. The summed E-state index contributed by atoms with van der Waals surface area (Å²) in [4.78, 5) is 18.2. The normalized spacial score (nSPS) is 16.3. The Hall–Kier alpha value is -3.09. The first-order valence-corrected chi connectivity index (χ1v) is 7.12. The number of rotatable bonds is 2. The van der Waals surface area contributed by atoms with Crippen LogP contribution >= 0.6 is 0 Å². The first kappa shape index (κ1) is 13.6. The summed E-state index contributed by atoms with van der Waals surface area (Å²) in [6.07, 6.45) is 1.12. The van der Waals surface area contributed by atoms with E-state index in [2.05, 4.69) is 15.1 Å². The van der Waals surface area contributed by atoms with Gasteiger partial charge in [-0.1, -0.05) is 17.3 Å². The predicted molar refractivity (Wildman–Crippen MR) is 80.4 cm³/mol. The number of aromatic amines is 1. The number of aromatic nitrogens is 3. The van der Waals surface area contributed by atoms with E-state index in [9.17, 15) is 4.79 Å². The smallest absolute Gasteiger partial charge is 0.259 e. The van der Waals surface area contributed by atoms with Gasteiger partial charge in [-0.2, -0.15) is 4.98 Å². The van der Waals surface area contributed by atoms with Crippen molar-refractivity contribution < 1.29 is 14.0 Å². The van der Waals surface area contributed by atoms with Gasteiger partial charge >= 0.3 is 0 Å². The lowest BCUT2D eigenvalue weighted by molar-refractivity contribution is 0.0832. The summed E-state index contributed by atoms with van der Waals surface area (Å²) in [5.41, 5.74) is 1.27. The molecule has 3 heterocycles. The van der Waals surface area contributed by atoms with E-state index in [0.717, 1.165) is 5.56 Å². The van der Waals surface area contributed by atoms with E-state index in [0.29, 0.717) is 35.4 Å². The number of ether oxygens (including phenoxy) is 2. The van der Waals surface area contributed by atoms with Gasteiger partial charge in [0.15, 0.2) is 17.6 Å². The van der Waals surface area contributed by atoms with Crippen molar-refractivity contribution in [2.24, 2.45) is 0 Å². The average molecular weight is 311 g/mol. The number of hydrogen-bond acceptors (Lipinski definition) is 6. The minimum absolute atomic E-state index is 0.174. The van der Waals surface area contributed by atoms with Crippen molar-refractivity contribution in [3.63, 3.8) is 0 Å². The van der Waals surface area contributed by atoms with Gasteiger partial charge in [0.2, 0.25) is 11.4 Å². The van der Waals surface area contributed by atoms with Crippen molar-refractivity contribution >= 4 is 0 Å². The Labute approximate surface area is 130 Å². The zero-order valence-corrected chi connectivity index (χ0v) is 12.3. The lowest BCUT2D eigenvalue weighted by Crippen LogP contribution is -2.22. The number of benzene rings is 1. The third-order valence-corrected chi connectivity index (χ3v) is 3.60. The van der Waals surface area contributed by atoms with Crippen molar-refractivity contribution in [1.82, 2.24) is 15.1 Å². The maximum absolute atomic E-state index is 11.3. The predicted octanol–water partition coefficient (Wildman–Crippen LogP) is 2.25. The van der Waals surface area contributed by atoms with Gasteiger partial charge in [-0.25, -0.2) is 0 Å². The number of aryl methyl sites for hydroxylation is 1. The molecule has 116 valence electrons. The van der Waals surface area contributed by atoms with E-state index >= 15 is 0 Å². The standard InChI is InChI=1S/C16H13N3O4/c1-9-6-14(20)17-7-10(9)16-18-15(19-23-16)13-8-21-11-4-2-3-5-12(11)22-13/h2-7,13H,8H2,1H3,(H,17,20). The fraction of sp³-hybridized carbons (Fsp3) is 0.188. The van der Waals surface area contributed by atoms with Crippen LogP contribution in [0.5, 0.6) is 11.5 Å². The van der Waals surface area contributed by atoms with E-state index < -0.39 is 6.10 Å². The maximum atomic E-state index is 11.3. The van der Waals surface area contributed by atoms with Crippen molar-refractivity contribution in [1.29, 1.82) is 0 Å². The molecule has 0 saturated heterocycles. The Morgan fingerprint density at radius 2 is 2.09 bits per heavy atom. The molecule has 3 aromatic rings. The van der Waals surface area contributed by atoms with Gasteiger partial charge in [-0.3, -0.25) is 4.79 Å². The molecule has 0 aliphatic carbocycles. The molecule has 1 unspecified atom stereocenters. The quantitative estimate of drug-likeness (QED) is 0.780. The third-order valence-electron chi connectivity index (χ3n) is 3.60. The molecule has 0 radical (unpaired) electrons. The highest BCUT2D eigenvalue weighted by atomic mass is 16.6. The number of fused-ring (bicyclic) bond motifs is 1. The van der Waals surface area contributed by atoms with Crippen LogP contribution in [0.4, 0.5) is 0 Å². The first-order chi connectivity index (χ1) is 11.2. The van der Waals surface area contributed by atoms with E-state index in [1.807, 2.05) is 31.2 Å². The Kier molecular flexibility index (Phi) is 3.11. The number of nitrogens with one attached hydrogen (secondary N) is 1. The topological polar surface area (TPSA) is 90.2 Å². The zero-order chi connectivity index (χ0) is 15.8. The Balaban J connectivity index is 1.63. The van der Waals surface area contributed by atoms with Crippen LogP contribution in [0, 0.1) is 6.92 Å². The summed E-state index contributed by atoms with van der Waals surface area (Å²) >= 11 is 0. The minimum Gasteiger partial charge on any atom is -0.485 e. The van der Waals surface area contributed by atoms with Crippen LogP contribution in [0.25, 0.3) is 11.5 Å². The monoisotopic (exact) mass is 311 g/mol. The number of hydrogen-bond donors (Lipinski definition) is 1. The average Bonchev–Trinajstić information content (AvgIpc) is 3.04. The van der Waals surface area contributed by atoms with Crippen molar-refractivity contribution in [2.75, 3.05) is 6.61 Å². The molecule has 23 heavy (non-hydrogen) atoms. The number of para-hydroxylation sites is 2. The zero-order valence-electron chi connectivity index (χ0n) is 12.3. The summed E-state index contributed by atoms with van der Waals surface area (Å²) < 4.78 is 16.8. The van der Waals surface area contributed by atoms with Crippen LogP contribution in [0.3, 0.4) is 0 Å². The highest BCUT2D eigenvalue weighted by molar-refractivity contribution is 5.56. The molecule has 0 saturated carbocycles. The second kappa shape index (κ2) is 5.28. The molecule has 1 aromatic carbocycles. The molecule has 0 fully saturated rings. The number of pyridine rings is 1. The Bertz CT molecular complexity index is 915. The molecule has 1 N–H and O–H groups in total. The van der Waals surface area contributed by atoms with Gasteiger partial charge in [-0.15, -0.1) is 0 Å². The van der Waals surface area contributed by atoms with Crippen LogP contribution in [-0.4, -0.2) is 21.7 Å². The molecule has 4 rings (SSSR count). The summed E-state index contributed by atoms with van der Waals surface area (Å²) in [6.45, 7) is 2.12. The van der Waals surface area contributed by atoms with E-state index in [-0.39, 0.29) is 5.56 Å². The van der Waals surface area contributed by atoms with Crippen LogP contribution in [0.1, 0.15) is 17.5 Å². The molecular weight excluding hydrogens is 298 g/mol. The van der Waals surface area contributed by atoms with Crippen LogP contribution in [0.15, 0.2) is 45.8 Å². The Morgan fingerprint density at radius 3 is 2.91 bits per heavy atom. The second-order valence-electron chi connectivity index (χ2n) is 5.22. The van der Waals surface area contributed by atoms with Gasteiger partial charge in [0.05, 0.1) is 5.56 Å². The summed E-state index contributed by atoms with van der Waals surface area (Å²) in [5, 5.41) is 3.97. The van der Waals surface area contributed by atoms with Gasteiger partial charge in [-0.05, 0) is 24.6 Å². The highest BCUT2D eigenvalue weighted by Gasteiger charge is 2.27. The molecule has 1 aliphatic rings. The van der Waals surface area contributed by atoms with E-state index in [4.69, 9.17) is 14.0 Å². The first-order valence-electron chi connectivity index (χ1n) is 7.12. The molecule has 0 spiro atoms. The van der Waals surface area contributed by atoms with Crippen molar-refractivity contribution in [3.05, 3.63) is 58.3 Å². The molecule has 1 aliphatic heterocycles. The summed E-state index contributed by atoms with van der Waals surface area (Å²) in [5.74, 6) is 2.08. The number of nitrogens with zero attached hydrogens (tertiary/aromatic N) is 2. The number of H-pyrrole nitrogens is 1. The molecule has 0 bridgehead atoms. The summed E-state index contributed by atoms with van der Waals surface area (Å²) in [6, 6.07) is 8.91. The highest BCUT2D eigenvalue weighted by Crippen LogP contribution is 2.35. The lowest BCUT2D eigenvalue weighted by atomic mass is 10.1. The molecule has 1 atom stereocenters. The van der Waals surface area contributed by atoms with Gasteiger partial charge in [0.25, 0.3) is 5.89 Å². The van der Waals surface area contributed by atoms with Crippen molar-refractivity contribution in [2.45, 2.75) is 13.0 Å². The molecule has 7 nitrogen and oxygen atoms in total. The van der Waals surface area contributed by atoms with E-state index in [1.54, 1.807) is 6.20 Å². The van der Waals surface area contributed by atoms with E-state index in [1.165, 1.54) is 6.07 Å². The fourth-order valence-electron chi connectivity index (χ4n) is 2.43.